The highest BCUT2D eigenvalue weighted by Crippen LogP contribution is 2.23. The van der Waals surface area contributed by atoms with Crippen molar-refractivity contribution in [1.82, 2.24) is 10.3 Å². The maximum Gasteiger partial charge on any atom is 0.251 e. The molecule has 0 spiro atoms. The molecule has 0 bridgehead atoms. The molecule has 1 aliphatic heterocycles. The van der Waals surface area contributed by atoms with Crippen LogP contribution in [0.1, 0.15) is 5.56 Å². The van der Waals surface area contributed by atoms with Crippen LogP contribution in [0.5, 0.6) is 5.75 Å². The number of hydrogen-bond acceptors (Lipinski definition) is 3. The van der Waals surface area contributed by atoms with Gasteiger partial charge in [-0.3, -0.25) is 4.79 Å². The molecule has 1 atom stereocenters. The third-order valence-corrected chi connectivity index (χ3v) is 3.29. The number of methoxy groups -OCH3 is 1. The Morgan fingerprint density at radius 1 is 1.58 bits per heavy atom. The summed E-state index contributed by atoms with van der Waals surface area (Å²) in [6.07, 6.45) is 2.56. The number of rotatable bonds is 5. The van der Waals surface area contributed by atoms with Crippen LogP contribution in [0.2, 0.25) is 0 Å². The second-order valence-corrected chi connectivity index (χ2v) is 4.59. The second kappa shape index (κ2) is 4.93. The van der Waals surface area contributed by atoms with Crippen LogP contribution in [0, 0.1) is 0 Å². The highest BCUT2D eigenvalue weighted by atomic mass is 16.6. The van der Waals surface area contributed by atoms with Crippen molar-refractivity contribution in [1.29, 1.82) is 0 Å². The van der Waals surface area contributed by atoms with E-state index >= 15 is 0 Å². The molecule has 100 valence electrons. The van der Waals surface area contributed by atoms with Gasteiger partial charge in [0, 0.05) is 29.7 Å². The van der Waals surface area contributed by atoms with E-state index in [-0.39, 0.29) is 12.0 Å². The van der Waals surface area contributed by atoms with Crippen molar-refractivity contribution in [3.8, 4) is 5.75 Å². The second-order valence-electron chi connectivity index (χ2n) is 4.59. The first-order valence-corrected chi connectivity index (χ1v) is 6.31. The van der Waals surface area contributed by atoms with Crippen molar-refractivity contribution < 1.29 is 14.3 Å². The number of carbonyl (C=O) groups is 1. The Morgan fingerprint density at radius 3 is 3.16 bits per heavy atom. The first-order valence-electron chi connectivity index (χ1n) is 6.31. The zero-order chi connectivity index (χ0) is 13.2. The fourth-order valence-electron chi connectivity index (χ4n) is 2.13. The number of benzene rings is 1. The van der Waals surface area contributed by atoms with Gasteiger partial charge < -0.3 is 19.8 Å². The summed E-state index contributed by atoms with van der Waals surface area (Å²) in [5, 5.41) is 4.03. The van der Waals surface area contributed by atoms with Crippen LogP contribution in [0.4, 0.5) is 0 Å². The molecule has 19 heavy (non-hydrogen) atoms. The number of aromatic nitrogens is 1. The van der Waals surface area contributed by atoms with E-state index < -0.39 is 0 Å². The molecule has 1 aliphatic rings. The Balaban J connectivity index is 1.65. The van der Waals surface area contributed by atoms with E-state index in [9.17, 15) is 4.79 Å². The monoisotopic (exact) mass is 260 g/mol. The highest BCUT2D eigenvalue weighted by Gasteiger charge is 2.30. The molecule has 5 heteroatoms. The minimum atomic E-state index is -0.216. The molecule has 5 nitrogen and oxygen atoms in total. The third-order valence-electron chi connectivity index (χ3n) is 3.29. The van der Waals surface area contributed by atoms with Gasteiger partial charge in [0.2, 0.25) is 0 Å². The molecule has 2 heterocycles. The molecular weight excluding hydrogens is 244 g/mol. The number of aromatic amines is 1. The SMILES string of the molecule is COc1ccc2c(CCNC(=O)C3CO3)c[nH]c2c1. The predicted octanol–water partition coefficient (Wildman–Crippen LogP) is 1.23. The molecular formula is C14H16N2O3. The lowest BCUT2D eigenvalue weighted by molar-refractivity contribution is -0.122. The molecule has 0 saturated carbocycles. The van der Waals surface area contributed by atoms with E-state index in [4.69, 9.17) is 9.47 Å². The standard InChI is InChI=1S/C14H16N2O3/c1-18-10-2-3-11-9(7-16-12(11)6-10)4-5-15-14(17)13-8-19-13/h2-3,6-7,13,16H,4-5,8H2,1H3,(H,15,17). The van der Waals surface area contributed by atoms with E-state index in [1.807, 2.05) is 24.4 Å². The van der Waals surface area contributed by atoms with Crippen LogP contribution in [0.15, 0.2) is 24.4 Å². The molecule has 2 aromatic rings. The van der Waals surface area contributed by atoms with E-state index in [2.05, 4.69) is 10.3 Å². The number of nitrogens with one attached hydrogen (secondary N) is 2. The van der Waals surface area contributed by atoms with Gasteiger partial charge in [-0.1, -0.05) is 0 Å². The van der Waals surface area contributed by atoms with E-state index in [1.54, 1.807) is 7.11 Å². The summed E-state index contributed by atoms with van der Waals surface area (Å²) in [6, 6.07) is 5.94. The lowest BCUT2D eigenvalue weighted by Crippen LogP contribution is -2.29. The Hall–Kier alpha value is -2.01. The van der Waals surface area contributed by atoms with Crippen LogP contribution in [0.25, 0.3) is 10.9 Å². The highest BCUT2D eigenvalue weighted by molar-refractivity contribution is 5.85. The van der Waals surface area contributed by atoms with E-state index in [1.165, 1.54) is 5.56 Å². The summed E-state index contributed by atoms with van der Waals surface area (Å²) in [5.74, 6) is 0.821. The summed E-state index contributed by atoms with van der Waals surface area (Å²) in [4.78, 5) is 14.6. The summed E-state index contributed by atoms with van der Waals surface area (Å²) in [5.41, 5.74) is 2.24. The van der Waals surface area contributed by atoms with Crippen molar-refractivity contribution in [3.63, 3.8) is 0 Å². The average Bonchev–Trinajstić information content (AvgIpc) is 3.21. The number of hydrogen-bond donors (Lipinski definition) is 2. The molecule has 1 unspecified atom stereocenters. The van der Waals surface area contributed by atoms with Crippen molar-refractivity contribution in [3.05, 3.63) is 30.0 Å². The minimum absolute atomic E-state index is 0.0125. The fraction of sp³-hybridized carbons (Fsp3) is 0.357. The van der Waals surface area contributed by atoms with E-state index in [0.29, 0.717) is 13.2 Å². The molecule has 0 radical (unpaired) electrons. The molecule has 2 N–H and O–H groups in total. The van der Waals surface area contributed by atoms with Gasteiger partial charge in [-0.25, -0.2) is 0 Å². The largest absolute Gasteiger partial charge is 0.497 e. The van der Waals surface area contributed by atoms with Gasteiger partial charge in [0.05, 0.1) is 13.7 Å². The molecule has 1 aromatic heterocycles. The van der Waals surface area contributed by atoms with Crippen molar-refractivity contribution in [2.45, 2.75) is 12.5 Å². The summed E-state index contributed by atoms with van der Waals surface area (Å²) in [6.45, 7) is 1.18. The molecule has 1 amide bonds. The number of H-pyrrole nitrogens is 1. The Morgan fingerprint density at radius 2 is 2.42 bits per heavy atom. The Labute approximate surface area is 110 Å². The average molecular weight is 260 g/mol. The number of fused-ring (bicyclic) bond motifs is 1. The summed E-state index contributed by atoms with van der Waals surface area (Å²) < 4.78 is 10.1. The third kappa shape index (κ3) is 2.56. The smallest absolute Gasteiger partial charge is 0.251 e. The first-order chi connectivity index (χ1) is 9.28. The molecule has 0 aliphatic carbocycles. The lowest BCUT2D eigenvalue weighted by Gasteiger charge is -2.03. The quantitative estimate of drug-likeness (QED) is 0.795. The van der Waals surface area contributed by atoms with Crippen molar-refractivity contribution >= 4 is 16.8 Å². The zero-order valence-electron chi connectivity index (χ0n) is 10.7. The Kier molecular flexibility index (Phi) is 3.13. The number of epoxide rings is 1. The van der Waals surface area contributed by atoms with Crippen LogP contribution in [-0.4, -0.2) is 37.3 Å². The van der Waals surface area contributed by atoms with Gasteiger partial charge in [-0.05, 0) is 24.1 Å². The minimum Gasteiger partial charge on any atom is -0.497 e. The van der Waals surface area contributed by atoms with Crippen molar-refractivity contribution in [2.75, 3.05) is 20.3 Å². The lowest BCUT2D eigenvalue weighted by atomic mass is 10.1. The maximum atomic E-state index is 11.4. The topological polar surface area (TPSA) is 66.7 Å². The zero-order valence-corrected chi connectivity index (χ0v) is 10.7. The van der Waals surface area contributed by atoms with E-state index in [0.717, 1.165) is 23.1 Å². The molecule has 1 aromatic carbocycles. The van der Waals surface area contributed by atoms with Crippen LogP contribution >= 0.6 is 0 Å². The Bertz CT molecular complexity index is 602. The molecule has 1 fully saturated rings. The van der Waals surface area contributed by atoms with Crippen LogP contribution in [-0.2, 0) is 16.0 Å². The number of ether oxygens (including phenoxy) is 2. The number of carbonyl (C=O) groups excluding carboxylic acids is 1. The summed E-state index contributed by atoms with van der Waals surface area (Å²) in [7, 11) is 1.65. The van der Waals surface area contributed by atoms with Crippen molar-refractivity contribution in [2.24, 2.45) is 0 Å². The predicted molar refractivity (Wildman–Crippen MR) is 71.3 cm³/mol. The molecule has 3 rings (SSSR count). The summed E-state index contributed by atoms with van der Waals surface area (Å²) >= 11 is 0. The fourth-order valence-corrected chi connectivity index (χ4v) is 2.13. The van der Waals surface area contributed by atoms with Crippen LogP contribution < -0.4 is 10.1 Å². The number of amides is 1. The maximum absolute atomic E-state index is 11.4. The van der Waals surface area contributed by atoms with Crippen LogP contribution in [0.3, 0.4) is 0 Å². The normalized spacial score (nSPS) is 17.4. The van der Waals surface area contributed by atoms with Gasteiger partial charge in [-0.15, -0.1) is 0 Å². The first kappa shape index (κ1) is 12.0. The van der Waals surface area contributed by atoms with Gasteiger partial charge in [0.1, 0.15) is 5.75 Å². The van der Waals surface area contributed by atoms with Gasteiger partial charge in [0.15, 0.2) is 6.10 Å². The molecule has 1 saturated heterocycles. The van der Waals surface area contributed by atoms with Gasteiger partial charge >= 0.3 is 0 Å². The van der Waals surface area contributed by atoms with Gasteiger partial charge in [-0.2, -0.15) is 0 Å². The van der Waals surface area contributed by atoms with Gasteiger partial charge in [0.25, 0.3) is 5.91 Å².